The maximum absolute atomic E-state index is 13.7. The normalized spacial score (nSPS) is 14.6. The van der Waals surface area contributed by atoms with E-state index in [0.29, 0.717) is 29.0 Å². The van der Waals surface area contributed by atoms with E-state index in [1.807, 2.05) is 53.3 Å². The number of fused-ring (bicyclic) bond motifs is 3. The number of rotatable bonds is 6. The molecular formula is C28H23F2N2NaO4S2. The Morgan fingerprint density at radius 2 is 1.82 bits per heavy atom. The maximum atomic E-state index is 13.7. The molecule has 6 nitrogen and oxygen atoms in total. The molecule has 0 saturated carbocycles. The number of halogens is 2. The van der Waals surface area contributed by atoms with E-state index in [0.717, 1.165) is 40.6 Å². The molecule has 1 amide bonds. The van der Waals surface area contributed by atoms with Gasteiger partial charge in [0.1, 0.15) is 12.4 Å². The first-order chi connectivity index (χ1) is 18.2. The monoisotopic (exact) mass is 576 g/mol. The van der Waals surface area contributed by atoms with Crippen LogP contribution in [-0.2, 0) is 21.4 Å². The molecule has 1 aromatic heterocycles. The first kappa shape index (κ1) is 29.2. The molecule has 1 atom stereocenters. The predicted molar refractivity (Wildman–Crippen MR) is 152 cm³/mol. The fourth-order valence-corrected chi connectivity index (χ4v) is 5.97. The fraction of sp³-hybridized carbons (Fsp3) is 0.143. The van der Waals surface area contributed by atoms with Crippen LogP contribution in [0.3, 0.4) is 0 Å². The first-order valence-corrected chi connectivity index (χ1v) is 14.5. The number of carbonyl (C=O) groups is 1. The minimum absolute atomic E-state index is 0. The summed E-state index contributed by atoms with van der Waals surface area (Å²) in [6.45, 7) is 0.364. The summed E-state index contributed by atoms with van der Waals surface area (Å²) < 4.78 is 58.2. The number of benzene rings is 3. The summed E-state index contributed by atoms with van der Waals surface area (Å²) in [6.07, 6.45) is 4.57. The van der Waals surface area contributed by atoms with Gasteiger partial charge in [-0.25, -0.2) is 22.2 Å². The van der Waals surface area contributed by atoms with E-state index in [9.17, 15) is 22.0 Å². The van der Waals surface area contributed by atoms with Gasteiger partial charge >= 0.3 is 29.6 Å². The average molecular weight is 577 g/mol. The van der Waals surface area contributed by atoms with Crippen LogP contribution in [0.25, 0.3) is 23.1 Å². The first-order valence-electron chi connectivity index (χ1n) is 11.6. The number of amides is 1. The van der Waals surface area contributed by atoms with Crippen LogP contribution in [0.1, 0.15) is 33.2 Å². The summed E-state index contributed by atoms with van der Waals surface area (Å²) in [7, 11) is -3.66. The number of pyridine rings is 1. The van der Waals surface area contributed by atoms with Crippen LogP contribution >= 0.6 is 11.8 Å². The van der Waals surface area contributed by atoms with Crippen LogP contribution in [-0.4, -0.2) is 60.9 Å². The second kappa shape index (κ2) is 12.2. The molecule has 0 spiro atoms. The Morgan fingerprint density at radius 3 is 2.62 bits per heavy atom. The molecular weight excluding hydrogens is 553 g/mol. The molecule has 0 aliphatic carbocycles. The molecule has 4 aromatic rings. The molecule has 196 valence electrons. The third kappa shape index (κ3) is 7.06. The standard InChI is InChI=1S/C28H22F2N2O4S2.Na.H/c1-38(34,35)32-27(33)16-37-28-21-5-3-2-4-19(21)15-36-26-11-7-17(12-22(26)28)6-9-20-10-8-18-13-23(29)24(30)14-25(18)31-20;;/h2-14,28H,15-16H2,1H3,(H,32,33);;/b9-6+;;. The number of aromatic nitrogens is 1. The van der Waals surface area contributed by atoms with Gasteiger partial charge in [0.25, 0.3) is 0 Å². The Morgan fingerprint density at radius 1 is 1.05 bits per heavy atom. The average Bonchev–Trinajstić information content (AvgIpc) is 3.02. The summed E-state index contributed by atoms with van der Waals surface area (Å²) in [6, 6.07) is 19.1. The van der Waals surface area contributed by atoms with Crippen molar-refractivity contribution < 1.29 is 26.7 Å². The Kier molecular flexibility index (Phi) is 9.13. The van der Waals surface area contributed by atoms with Gasteiger partial charge in [0.15, 0.2) is 11.6 Å². The number of nitrogens with one attached hydrogen (secondary N) is 1. The van der Waals surface area contributed by atoms with E-state index < -0.39 is 27.6 Å². The quantitative estimate of drug-likeness (QED) is 0.331. The van der Waals surface area contributed by atoms with Crippen molar-refractivity contribution in [2.75, 3.05) is 12.0 Å². The molecule has 5 rings (SSSR count). The number of sulfonamides is 1. The van der Waals surface area contributed by atoms with E-state index in [1.54, 1.807) is 18.2 Å². The Hall–Kier alpha value is -2.76. The molecule has 11 heteroatoms. The van der Waals surface area contributed by atoms with Crippen molar-refractivity contribution in [2.24, 2.45) is 0 Å². The summed E-state index contributed by atoms with van der Waals surface area (Å²) in [5, 5.41) is 0.223. The number of thioether (sulfide) groups is 1. The summed E-state index contributed by atoms with van der Waals surface area (Å²) >= 11 is 1.31. The van der Waals surface area contributed by atoms with Crippen LogP contribution in [0.5, 0.6) is 5.75 Å². The second-order valence-corrected chi connectivity index (χ2v) is 11.6. The van der Waals surface area contributed by atoms with Crippen molar-refractivity contribution in [3.63, 3.8) is 0 Å². The zero-order valence-corrected chi connectivity index (χ0v) is 21.8. The number of hydrogen-bond acceptors (Lipinski definition) is 6. The van der Waals surface area contributed by atoms with Crippen LogP contribution in [0.2, 0.25) is 0 Å². The predicted octanol–water partition coefficient (Wildman–Crippen LogP) is 4.83. The van der Waals surface area contributed by atoms with Crippen molar-refractivity contribution in [1.82, 2.24) is 9.71 Å². The zero-order chi connectivity index (χ0) is 26.9. The van der Waals surface area contributed by atoms with Gasteiger partial charge in [0, 0.05) is 17.0 Å². The molecule has 0 radical (unpaired) electrons. The van der Waals surface area contributed by atoms with Crippen molar-refractivity contribution in [3.8, 4) is 5.75 Å². The molecule has 0 bridgehead atoms. The van der Waals surface area contributed by atoms with Gasteiger partial charge in [-0.3, -0.25) is 9.52 Å². The molecule has 0 fully saturated rings. The third-order valence-electron chi connectivity index (χ3n) is 5.92. The van der Waals surface area contributed by atoms with Gasteiger partial charge in [-0.2, -0.15) is 0 Å². The van der Waals surface area contributed by atoms with Crippen molar-refractivity contribution in [1.29, 1.82) is 0 Å². The van der Waals surface area contributed by atoms with E-state index in [4.69, 9.17) is 4.74 Å². The van der Waals surface area contributed by atoms with Crippen LogP contribution in [0.15, 0.2) is 66.7 Å². The summed E-state index contributed by atoms with van der Waals surface area (Å²) in [5.74, 6) is -1.87. The zero-order valence-electron chi connectivity index (χ0n) is 20.1. The third-order valence-corrected chi connectivity index (χ3v) is 7.79. The molecule has 1 aliphatic heterocycles. The van der Waals surface area contributed by atoms with E-state index in [1.165, 1.54) is 11.8 Å². The SMILES string of the molecule is CS(=O)(=O)NC(=O)CSC1c2ccccc2COc2ccc(/C=C/c3ccc4cc(F)c(F)cc4n3)cc21.[NaH]. The number of nitrogens with zero attached hydrogens (tertiary/aromatic N) is 1. The van der Waals surface area contributed by atoms with E-state index >= 15 is 0 Å². The van der Waals surface area contributed by atoms with Gasteiger partial charge in [-0.1, -0.05) is 42.5 Å². The number of carbonyl (C=O) groups excluding carboxylic acids is 1. The van der Waals surface area contributed by atoms with Gasteiger partial charge < -0.3 is 4.74 Å². The van der Waals surface area contributed by atoms with Crippen LogP contribution < -0.4 is 9.46 Å². The Bertz CT molecular complexity index is 1700. The number of hydrogen-bond donors (Lipinski definition) is 1. The summed E-state index contributed by atoms with van der Waals surface area (Å²) in [5.41, 5.74) is 4.56. The van der Waals surface area contributed by atoms with E-state index in [2.05, 4.69) is 4.98 Å². The molecule has 3 aromatic carbocycles. The molecule has 39 heavy (non-hydrogen) atoms. The molecule has 0 saturated heterocycles. The molecule has 1 N–H and O–H groups in total. The van der Waals surface area contributed by atoms with Gasteiger partial charge in [-0.05, 0) is 47.0 Å². The van der Waals surface area contributed by atoms with E-state index in [-0.39, 0.29) is 40.6 Å². The van der Waals surface area contributed by atoms with Crippen LogP contribution in [0, 0.1) is 11.6 Å². The minimum atomic E-state index is -3.66. The number of ether oxygens (including phenoxy) is 1. The van der Waals surface area contributed by atoms with Crippen molar-refractivity contribution >= 4 is 80.3 Å². The van der Waals surface area contributed by atoms with Crippen molar-refractivity contribution in [2.45, 2.75) is 11.9 Å². The van der Waals surface area contributed by atoms with Crippen molar-refractivity contribution in [3.05, 3.63) is 106 Å². The van der Waals surface area contributed by atoms with Crippen LogP contribution in [0.4, 0.5) is 8.78 Å². The van der Waals surface area contributed by atoms with Gasteiger partial charge in [0.05, 0.1) is 28.5 Å². The fourth-order valence-electron chi connectivity index (χ4n) is 4.23. The molecule has 1 unspecified atom stereocenters. The summed E-state index contributed by atoms with van der Waals surface area (Å²) in [4.78, 5) is 16.7. The Balaban J connectivity index is 0.00000353. The second-order valence-electron chi connectivity index (χ2n) is 8.80. The molecule has 2 heterocycles. The Labute approximate surface area is 251 Å². The topological polar surface area (TPSA) is 85.4 Å². The van der Waals surface area contributed by atoms with Gasteiger partial charge in [-0.15, -0.1) is 11.8 Å². The molecule has 1 aliphatic rings. The van der Waals surface area contributed by atoms with Gasteiger partial charge in [0.2, 0.25) is 15.9 Å².